The zero-order valence-corrected chi connectivity index (χ0v) is 17.3. The maximum absolute atomic E-state index is 12.5. The van der Waals surface area contributed by atoms with E-state index in [0.717, 1.165) is 31.2 Å². The molecule has 4 rings (SSSR count). The monoisotopic (exact) mass is 381 g/mol. The van der Waals surface area contributed by atoms with Gasteiger partial charge in [-0.25, -0.2) is 4.79 Å². The lowest BCUT2D eigenvalue weighted by Gasteiger charge is -2.49. The summed E-state index contributed by atoms with van der Waals surface area (Å²) in [5.41, 5.74) is 2.82. The lowest BCUT2D eigenvalue weighted by Crippen LogP contribution is -2.39. The molecule has 4 heteroatoms. The number of allylic oxidation sites excluding steroid dienone is 2. The minimum absolute atomic E-state index is 0.154. The topological polar surface area (TPSA) is 66.4 Å². The van der Waals surface area contributed by atoms with E-state index in [1.54, 1.807) is 0 Å². The minimum atomic E-state index is -0.981. The number of benzene rings is 1. The maximum atomic E-state index is 12.5. The molecule has 4 atom stereocenters. The maximum Gasteiger partial charge on any atom is 0.337 e. The van der Waals surface area contributed by atoms with Crippen LogP contribution < -0.4 is 5.32 Å². The zero-order chi connectivity index (χ0) is 20.3. The lowest BCUT2D eigenvalue weighted by atomic mass is 9.55. The summed E-state index contributed by atoms with van der Waals surface area (Å²) in [4.78, 5) is 24.4. The first-order valence-electron chi connectivity index (χ1n) is 10.5. The second-order valence-electron chi connectivity index (χ2n) is 10.2. The molecule has 3 aliphatic rings. The van der Waals surface area contributed by atoms with Gasteiger partial charge in [-0.05, 0) is 78.5 Å². The standard InChI is InChI=1S/C24H31NO3/c1-23(2,3)22(28)25-20-13-17-14(12-18(20)21(26)27)7-8-16-15(17)9-11-24(4)10-5-6-19(16)24/h5,10,12-13,15-16,19H,6-9,11H2,1-4H3,(H,25,28)(H,26,27)/t15?,16?,19?,24-/m0/s1. The normalized spacial score (nSPS) is 30.9. The fourth-order valence-corrected chi connectivity index (χ4v) is 5.69. The number of fused-ring (bicyclic) bond motifs is 5. The molecule has 150 valence electrons. The molecule has 3 aliphatic carbocycles. The van der Waals surface area contributed by atoms with Gasteiger partial charge >= 0.3 is 5.97 Å². The molecule has 1 saturated carbocycles. The number of nitrogens with one attached hydrogen (secondary N) is 1. The Balaban J connectivity index is 1.72. The Kier molecular flexibility index (Phi) is 4.44. The molecule has 0 bridgehead atoms. The first kappa shape index (κ1) is 19.2. The predicted molar refractivity (Wildman–Crippen MR) is 111 cm³/mol. The van der Waals surface area contributed by atoms with Crippen LogP contribution in [0.3, 0.4) is 0 Å². The summed E-state index contributed by atoms with van der Waals surface area (Å²) in [5.74, 6) is 0.660. The minimum Gasteiger partial charge on any atom is -0.478 e. The molecule has 2 N–H and O–H groups in total. The van der Waals surface area contributed by atoms with Crippen LogP contribution in [0, 0.1) is 22.7 Å². The second kappa shape index (κ2) is 6.47. The van der Waals surface area contributed by atoms with E-state index in [4.69, 9.17) is 0 Å². The van der Waals surface area contributed by atoms with Crippen molar-refractivity contribution in [3.63, 3.8) is 0 Å². The van der Waals surface area contributed by atoms with Crippen molar-refractivity contribution in [1.29, 1.82) is 0 Å². The summed E-state index contributed by atoms with van der Waals surface area (Å²) in [6.07, 6.45) is 10.3. The van der Waals surface area contributed by atoms with Gasteiger partial charge in [0.25, 0.3) is 0 Å². The predicted octanol–water partition coefficient (Wildman–Crippen LogP) is 5.39. The van der Waals surface area contributed by atoms with Crippen LogP contribution in [-0.2, 0) is 11.2 Å². The molecule has 1 aromatic carbocycles. The van der Waals surface area contributed by atoms with Crippen molar-refractivity contribution in [2.24, 2.45) is 22.7 Å². The van der Waals surface area contributed by atoms with Crippen molar-refractivity contribution in [2.45, 2.75) is 65.7 Å². The summed E-state index contributed by atoms with van der Waals surface area (Å²) in [7, 11) is 0. The first-order valence-corrected chi connectivity index (χ1v) is 10.5. The van der Waals surface area contributed by atoms with Crippen molar-refractivity contribution >= 4 is 17.6 Å². The molecule has 0 heterocycles. The quantitative estimate of drug-likeness (QED) is 0.675. The van der Waals surface area contributed by atoms with Crippen LogP contribution in [0.2, 0.25) is 0 Å². The molecule has 1 fully saturated rings. The molecule has 0 aliphatic heterocycles. The first-order chi connectivity index (χ1) is 13.1. The van der Waals surface area contributed by atoms with E-state index < -0.39 is 11.4 Å². The van der Waals surface area contributed by atoms with Crippen LogP contribution in [0.1, 0.15) is 80.8 Å². The number of carbonyl (C=O) groups is 2. The van der Waals surface area contributed by atoms with Crippen molar-refractivity contribution in [3.05, 3.63) is 41.0 Å². The molecule has 3 unspecified atom stereocenters. The van der Waals surface area contributed by atoms with Gasteiger partial charge in [-0.1, -0.05) is 39.8 Å². The number of carbonyl (C=O) groups excluding carboxylic acids is 1. The van der Waals surface area contributed by atoms with Crippen molar-refractivity contribution in [3.8, 4) is 0 Å². The van der Waals surface area contributed by atoms with Crippen molar-refractivity contribution in [2.75, 3.05) is 5.32 Å². The SMILES string of the molecule is CC(C)(C)C(=O)Nc1cc2c(cc1C(=O)O)CCC1C2CC[C@]2(C)C=CCC12. The number of anilines is 1. The number of amides is 1. The number of carboxylic acid groups (broad SMARTS) is 1. The van der Waals surface area contributed by atoms with Gasteiger partial charge in [0.1, 0.15) is 0 Å². The number of hydrogen-bond donors (Lipinski definition) is 2. The summed E-state index contributed by atoms with van der Waals surface area (Å²) in [6, 6.07) is 3.79. The average molecular weight is 382 g/mol. The van der Waals surface area contributed by atoms with Gasteiger partial charge in [-0.3, -0.25) is 4.79 Å². The Morgan fingerprint density at radius 2 is 1.96 bits per heavy atom. The van der Waals surface area contributed by atoms with Crippen molar-refractivity contribution < 1.29 is 14.7 Å². The second-order valence-corrected chi connectivity index (χ2v) is 10.2. The molecule has 0 radical (unpaired) electrons. The number of aryl methyl sites for hydroxylation is 1. The van der Waals surface area contributed by atoms with E-state index in [2.05, 4.69) is 24.4 Å². The Labute approximate surface area is 167 Å². The van der Waals surface area contributed by atoms with E-state index in [0.29, 0.717) is 28.9 Å². The Morgan fingerprint density at radius 1 is 1.21 bits per heavy atom. The zero-order valence-electron chi connectivity index (χ0n) is 17.3. The largest absolute Gasteiger partial charge is 0.478 e. The summed E-state index contributed by atoms with van der Waals surface area (Å²) in [6.45, 7) is 7.92. The number of carboxylic acids is 1. The van der Waals surface area contributed by atoms with E-state index in [1.165, 1.54) is 12.0 Å². The van der Waals surface area contributed by atoms with Crippen LogP contribution in [0.4, 0.5) is 5.69 Å². The van der Waals surface area contributed by atoms with E-state index >= 15 is 0 Å². The van der Waals surface area contributed by atoms with Gasteiger partial charge in [0.05, 0.1) is 11.3 Å². The van der Waals surface area contributed by atoms with Gasteiger partial charge in [-0.2, -0.15) is 0 Å². The number of hydrogen-bond acceptors (Lipinski definition) is 2. The lowest BCUT2D eigenvalue weighted by molar-refractivity contribution is -0.123. The van der Waals surface area contributed by atoms with Crippen LogP contribution in [0.25, 0.3) is 0 Å². The molecule has 1 aromatic rings. The van der Waals surface area contributed by atoms with Gasteiger partial charge in [0, 0.05) is 5.41 Å². The summed E-state index contributed by atoms with van der Waals surface area (Å²) in [5, 5.41) is 12.6. The fraction of sp³-hybridized carbons (Fsp3) is 0.583. The van der Waals surface area contributed by atoms with E-state index in [1.807, 2.05) is 32.9 Å². The molecule has 4 nitrogen and oxygen atoms in total. The van der Waals surface area contributed by atoms with Crippen LogP contribution >= 0.6 is 0 Å². The molecule has 1 amide bonds. The van der Waals surface area contributed by atoms with Crippen LogP contribution in [-0.4, -0.2) is 17.0 Å². The van der Waals surface area contributed by atoms with E-state index in [-0.39, 0.29) is 11.5 Å². The van der Waals surface area contributed by atoms with Gasteiger partial charge in [-0.15, -0.1) is 0 Å². The Bertz CT molecular complexity index is 863. The Morgan fingerprint density at radius 3 is 2.64 bits per heavy atom. The smallest absolute Gasteiger partial charge is 0.337 e. The molecular weight excluding hydrogens is 350 g/mol. The third kappa shape index (κ3) is 3.07. The third-order valence-corrected chi connectivity index (χ3v) is 7.35. The molecule has 0 aromatic heterocycles. The highest BCUT2D eigenvalue weighted by Crippen LogP contribution is 2.58. The van der Waals surface area contributed by atoms with Gasteiger partial charge in [0.2, 0.25) is 5.91 Å². The van der Waals surface area contributed by atoms with E-state index in [9.17, 15) is 14.7 Å². The number of aromatic carboxylic acids is 1. The summed E-state index contributed by atoms with van der Waals surface area (Å²) >= 11 is 0. The van der Waals surface area contributed by atoms with Gasteiger partial charge < -0.3 is 10.4 Å². The van der Waals surface area contributed by atoms with Crippen molar-refractivity contribution in [1.82, 2.24) is 0 Å². The Hall–Kier alpha value is -2.10. The van der Waals surface area contributed by atoms with Crippen LogP contribution in [0.15, 0.2) is 24.3 Å². The van der Waals surface area contributed by atoms with Crippen LogP contribution in [0.5, 0.6) is 0 Å². The third-order valence-electron chi connectivity index (χ3n) is 7.35. The molecule has 0 saturated heterocycles. The molecule has 0 spiro atoms. The average Bonchev–Trinajstić information content (AvgIpc) is 3.01. The highest BCUT2D eigenvalue weighted by atomic mass is 16.4. The highest BCUT2D eigenvalue weighted by molar-refractivity contribution is 6.02. The van der Waals surface area contributed by atoms with Gasteiger partial charge in [0.15, 0.2) is 0 Å². The number of rotatable bonds is 2. The summed E-state index contributed by atoms with van der Waals surface area (Å²) < 4.78 is 0. The molecule has 28 heavy (non-hydrogen) atoms. The highest BCUT2D eigenvalue weighted by Gasteiger charge is 2.48. The fourth-order valence-electron chi connectivity index (χ4n) is 5.69. The molecular formula is C24H31NO3.